The minimum Gasteiger partial charge on any atom is -0.544 e. The zero-order chi connectivity index (χ0) is 60.3. The van der Waals surface area contributed by atoms with E-state index in [0.717, 1.165) is 0 Å². The maximum absolute atomic E-state index is 13.7. The first kappa shape index (κ1) is 74.6. The largest absolute Gasteiger partial charge is 2.00 e. The Morgan fingerprint density at radius 2 is 0.329 bits per heavy atom. The number of halogens is 44. The van der Waals surface area contributed by atoms with Crippen LogP contribution in [0, 0.1) is 0 Å². The van der Waals surface area contributed by atoms with Crippen LogP contribution in [0.1, 0.15) is 0 Å². The van der Waals surface area contributed by atoms with E-state index in [1.807, 2.05) is 0 Å². The number of aliphatic carboxylic acids is 2. The Kier molecular flexibility index (Phi) is 19.8. The number of carboxylic acid groups (broad SMARTS) is 2. The van der Waals surface area contributed by atoms with Gasteiger partial charge in [-0.3, -0.25) is 0 Å². The van der Waals surface area contributed by atoms with Crippen molar-refractivity contribution in [2.45, 2.75) is 120 Å². The van der Waals surface area contributed by atoms with E-state index < -0.39 is 142 Å². The third-order valence-corrected chi connectivity index (χ3v) is 7.47. The zero-order valence-corrected chi connectivity index (χ0v) is 35.3. The van der Waals surface area contributed by atoms with Crippen LogP contribution in [0.3, 0.4) is 0 Å². The molecule has 51 heteroatoms. The van der Waals surface area contributed by atoms with E-state index in [4.69, 9.17) is 0 Å². The molecule has 73 heavy (non-hydrogen) atoms. The molecule has 0 unspecified atom stereocenters. The summed E-state index contributed by atoms with van der Waals surface area (Å²) in [6.45, 7) is 0. The average molecular weight is 1330 g/mol. The average Bonchev–Trinajstić information content (AvgIpc) is 3.08. The number of alkyl halides is 44. The van der Waals surface area contributed by atoms with Crippen molar-refractivity contribution in [3.05, 3.63) is 0 Å². The summed E-state index contributed by atoms with van der Waals surface area (Å²) in [6.07, 6.45) is -32.9. The predicted molar refractivity (Wildman–Crippen MR) is 123 cm³/mol. The molecule has 0 saturated carbocycles. The fourth-order valence-electron chi connectivity index (χ4n) is 3.61. The fraction of sp³-hybridized carbons (Fsp3) is 0.909. The molecule has 0 N–H and O–H groups in total. The zero-order valence-electron chi connectivity index (χ0n) is 30.9. The molecule has 0 aliphatic heterocycles. The topological polar surface area (TPSA) is 86.7 Å². The molecular weight excluding hydrogens is 1330 g/mol. The third kappa shape index (κ3) is 10.7. The van der Waals surface area contributed by atoms with Crippen LogP contribution in [0.4, 0.5) is 193 Å². The molecule has 0 saturated heterocycles. The monoisotopic (exact) mass is 1330 g/mol. The minimum absolute atomic E-state index is 0. The van der Waals surface area contributed by atoms with Crippen molar-refractivity contribution < 1.29 is 213 Å². The summed E-state index contributed by atoms with van der Waals surface area (Å²) in [5.41, 5.74) is 0. The summed E-state index contributed by atoms with van der Waals surface area (Å²) >= 11 is 0. The summed E-state index contributed by atoms with van der Waals surface area (Å²) < 4.78 is 570. The third-order valence-electron chi connectivity index (χ3n) is 7.47. The van der Waals surface area contributed by atoms with Gasteiger partial charge in [-0.05, 0) is 0 Å². The second kappa shape index (κ2) is 19.4. The molecule has 0 fully saturated rings. The standard InChI is InChI=1S/2C11HF22NO2.Ba/c2*12-2(13,1(35)36)9(28,29)34(10(30,31)5(18,19)3(14,15)7(22,23)24)11(32,33)6(20,21)4(16,17)8(25,26)27;/h2*(H,35,36);/q;;+2/p-2. The van der Waals surface area contributed by atoms with E-state index in [-0.39, 0.29) is 48.9 Å². The predicted octanol–water partition coefficient (Wildman–Crippen LogP) is 9.85. The Morgan fingerprint density at radius 1 is 0.219 bits per heavy atom. The van der Waals surface area contributed by atoms with Crippen molar-refractivity contribution in [1.29, 1.82) is 0 Å². The van der Waals surface area contributed by atoms with Gasteiger partial charge in [-0.25, -0.2) is 0 Å². The van der Waals surface area contributed by atoms with Gasteiger partial charge in [0.15, 0.2) is 0 Å². The van der Waals surface area contributed by atoms with Gasteiger partial charge in [-0.1, -0.05) is 0 Å². The Balaban J connectivity index is -0.00000132. The quantitative estimate of drug-likeness (QED) is 0.0773. The van der Waals surface area contributed by atoms with E-state index in [1.54, 1.807) is 0 Å². The molecule has 0 aromatic heterocycles. The number of hydrogen-bond acceptors (Lipinski definition) is 6. The van der Waals surface area contributed by atoms with Gasteiger partial charge >= 0.3 is 169 Å². The van der Waals surface area contributed by atoms with Crippen molar-refractivity contribution in [3.63, 3.8) is 0 Å². The molecule has 6 nitrogen and oxygen atoms in total. The van der Waals surface area contributed by atoms with Gasteiger partial charge in [-0.15, -0.1) is 9.80 Å². The Hall–Kier alpha value is -2.65. The molecule has 0 aliphatic rings. The smallest absolute Gasteiger partial charge is 0.544 e. The number of nitrogens with zero attached hydrogens (tertiary/aromatic N) is 2. The normalized spacial score (nSPS) is 16.3. The van der Waals surface area contributed by atoms with Gasteiger partial charge in [0.25, 0.3) is 0 Å². The summed E-state index contributed by atoms with van der Waals surface area (Å²) in [5, 5.41) is 19.9. The van der Waals surface area contributed by atoms with Crippen LogP contribution in [-0.4, -0.2) is 191 Å². The van der Waals surface area contributed by atoms with Crippen LogP contribution >= 0.6 is 0 Å². The molecule has 0 bridgehead atoms. The van der Waals surface area contributed by atoms with E-state index in [1.165, 1.54) is 0 Å². The molecule has 0 aliphatic carbocycles. The van der Waals surface area contributed by atoms with Crippen LogP contribution in [0.2, 0.25) is 0 Å². The van der Waals surface area contributed by atoms with E-state index in [0.29, 0.717) is 0 Å². The van der Waals surface area contributed by atoms with E-state index in [9.17, 15) is 213 Å². The van der Waals surface area contributed by atoms with Gasteiger partial charge in [-0.2, -0.15) is 193 Å². The molecule has 0 spiro atoms. The van der Waals surface area contributed by atoms with Crippen molar-refractivity contribution >= 4 is 60.8 Å². The van der Waals surface area contributed by atoms with Crippen molar-refractivity contribution in [3.8, 4) is 0 Å². The number of carbonyl (C=O) groups excluding carboxylic acids is 2. The van der Waals surface area contributed by atoms with Gasteiger partial charge in [0.1, 0.15) is 11.9 Å². The van der Waals surface area contributed by atoms with Crippen molar-refractivity contribution in [2.24, 2.45) is 0 Å². The molecule has 0 aromatic rings. The van der Waals surface area contributed by atoms with Crippen LogP contribution < -0.4 is 10.2 Å². The van der Waals surface area contributed by atoms with Crippen LogP contribution in [0.5, 0.6) is 0 Å². The van der Waals surface area contributed by atoms with Crippen LogP contribution in [-0.2, 0) is 9.59 Å². The SMILES string of the molecule is O=C([O-])C(F)(F)C(F)(F)N(C(F)(F)C(F)(F)C(F)(F)C(F)(F)F)C(F)(F)C(F)(F)C(F)(F)C(F)(F)F.O=C([O-])C(F)(F)C(F)(F)N(C(F)(F)C(F)(F)C(F)(F)C(F)(F)F)C(F)(F)C(F)(F)C(F)(F)C(F)(F)F.[Ba+2]. The molecule has 0 aromatic carbocycles. The molecule has 432 valence electrons. The van der Waals surface area contributed by atoms with E-state index in [2.05, 4.69) is 0 Å². The van der Waals surface area contributed by atoms with Crippen molar-refractivity contribution in [1.82, 2.24) is 9.80 Å². The second-order valence-electron chi connectivity index (χ2n) is 12.2. The molecule has 0 amide bonds. The Bertz CT molecular complexity index is 1720. The Morgan fingerprint density at radius 3 is 0.411 bits per heavy atom. The first-order valence-electron chi connectivity index (χ1n) is 14.5. The molecular formula is C22BaF44N2O4. The van der Waals surface area contributed by atoms with Crippen LogP contribution in [0.25, 0.3) is 0 Å². The Labute approximate surface area is 403 Å². The minimum atomic E-state index is -9.36. The van der Waals surface area contributed by atoms with Gasteiger partial charge in [0.2, 0.25) is 0 Å². The second-order valence-corrected chi connectivity index (χ2v) is 12.2. The van der Waals surface area contributed by atoms with Gasteiger partial charge in [0.05, 0.1) is 0 Å². The van der Waals surface area contributed by atoms with Crippen molar-refractivity contribution in [2.75, 3.05) is 0 Å². The fourth-order valence-corrected chi connectivity index (χ4v) is 3.61. The maximum atomic E-state index is 13.7. The summed E-state index contributed by atoms with van der Waals surface area (Å²) in [4.78, 5) is 8.65. The number of hydrogen-bond donors (Lipinski definition) is 0. The number of rotatable bonds is 18. The van der Waals surface area contributed by atoms with Gasteiger partial charge < -0.3 is 19.8 Å². The summed E-state index contributed by atoms with van der Waals surface area (Å²) in [7, 11) is 0. The number of carboxylic acids is 2. The first-order chi connectivity index (χ1) is 30.1. The van der Waals surface area contributed by atoms with Gasteiger partial charge in [0, 0.05) is 0 Å². The first-order valence-corrected chi connectivity index (χ1v) is 14.5. The summed E-state index contributed by atoms with van der Waals surface area (Å²) in [6, 6.07) is -55.3. The van der Waals surface area contributed by atoms with Crippen LogP contribution in [0.15, 0.2) is 0 Å². The number of carbonyl (C=O) groups is 2. The molecule has 0 rings (SSSR count). The molecule has 0 radical (unpaired) electrons. The summed E-state index contributed by atoms with van der Waals surface area (Å²) in [5.74, 6) is -97.8. The maximum Gasteiger partial charge on any atom is 2.00 e. The van der Waals surface area contributed by atoms with E-state index >= 15 is 0 Å². The molecule has 0 heterocycles. The molecule has 0 atom stereocenters.